The van der Waals surface area contributed by atoms with Crippen LogP contribution < -0.4 is 10.9 Å². The summed E-state index contributed by atoms with van der Waals surface area (Å²) < 4.78 is 0. The van der Waals surface area contributed by atoms with Crippen molar-refractivity contribution in [1.82, 2.24) is 20.2 Å². The predicted octanol–water partition coefficient (Wildman–Crippen LogP) is 1.88. The number of anilines is 1. The van der Waals surface area contributed by atoms with Crippen molar-refractivity contribution < 1.29 is 0 Å². The number of hydrogen-bond acceptors (Lipinski definition) is 4. The first-order chi connectivity index (χ1) is 9.63. The number of H-pyrrole nitrogens is 2. The molecule has 0 spiro atoms. The molecule has 0 atom stereocenters. The van der Waals surface area contributed by atoms with Crippen LogP contribution in [0.5, 0.6) is 0 Å². The van der Waals surface area contributed by atoms with E-state index in [0.29, 0.717) is 23.5 Å². The summed E-state index contributed by atoms with van der Waals surface area (Å²) >= 11 is 0. The molecule has 0 radical (unpaired) electrons. The van der Waals surface area contributed by atoms with Gasteiger partial charge in [-0.3, -0.25) is 14.9 Å². The standard InChI is InChI=1S/C14H15N5O/c1-8-3-4-10(5-9(8)2)6-15-14-17-12-11(7-16-19-12)13(20)18-14/h3-5,7H,6H2,1-2H3,(H3,15,16,17,18,19,20). The minimum Gasteiger partial charge on any atom is -0.352 e. The quantitative estimate of drug-likeness (QED) is 0.677. The van der Waals surface area contributed by atoms with Gasteiger partial charge in [0.1, 0.15) is 5.39 Å². The van der Waals surface area contributed by atoms with Crippen LogP contribution in [0.4, 0.5) is 5.95 Å². The number of aryl methyl sites for hydroxylation is 2. The number of aromatic amines is 2. The topological polar surface area (TPSA) is 86.5 Å². The van der Waals surface area contributed by atoms with Crippen molar-refractivity contribution in [2.75, 3.05) is 5.32 Å². The fourth-order valence-electron chi connectivity index (χ4n) is 2.03. The highest BCUT2D eigenvalue weighted by Gasteiger charge is 2.05. The Balaban J connectivity index is 1.82. The van der Waals surface area contributed by atoms with Crippen LogP contribution in [0, 0.1) is 13.8 Å². The van der Waals surface area contributed by atoms with Gasteiger partial charge >= 0.3 is 0 Å². The zero-order chi connectivity index (χ0) is 14.1. The Morgan fingerprint density at radius 2 is 2.10 bits per heavy atom. The van der Waals surface area contributed by atoms with Crippen LogP contribution in [0.15, 0.2) is 29.2 Å². The van der Waals surface area contributed by atoms with Gasteiger partial charge in [-0.1, -0.05) is 18.2 Å². The fourth-order valence-corrected chi connectivity index (χ4v) is 2.03. The molecule has 0 unspecified atom stereocenters. The van der Waals surface area contributed by atoms with Crippen LogP contribution in [0.3, 0.4) is 0 Å². The monoisotopic (exact) mass is 269 g/mol. The van der Waals surface area contributed by atoms with Crippen molar-refractivity contribution in [1.29, 1.82) is 0 Å². The van der Waals surface area contributed by atoms with Crippen LogP contribution in [0.25, 0.3) is 11.0 Å². The lowest BCUT2D eigenvalue weighted by molar-refractivity contribution is 1.04. The average Bonchev–Trinajstić information content (AvgIpc) is 2.89. The van der Waals surface area contributed by atoms with Gasteiger partial charge in [0.05, 0.1) is 6.20 Å². The Morgan fingerprint density at radius 3 is 2.90 bits per heavy atom. The van der Waals surface area contributed by atoms with Crippen molar-refractivity contribution in [3.63, 3.8) is 0 Å². The van der Waals surface area contributed by atoms with Crippen molar-refractivity contribution in [3.8, 4) is 0 Å². The highest BCUT2D eigenvalue weighted by atomic mass is 16.1. The molecule has 0 aliphatic heterocycles. The largest absolute Gasteiger partial charge is 0.352 e. The number of rotatable bonds is 3. The number of nitrogens with zero attached hydrogens (tertiary/aromatic N) is 2. The first-order valence-corrected chi connectivity index (χ1v) is 6.37. The lowest BCUT2D eigenvalue weighted by atomic mass is 10.1. The molecule has 3 rings (SSSR count). The Morgan fingerprint density at radius 1 is 1.25 bits per heavy atom. The maximum atomic E-state index is 11.8. The van der Waals surface area contributed by atoms with E-state index < -0.39 is 0 Å². The van der Waals surface area contributed by atoms with Gasteiger partial charge < -0.3 is 5.32 Å². The maximum Gasteiger partial charge on any atom is 0.263 e. The van der Waals surface area contributed by atoms with Gasteiger partial charge in [0.2, 0.25) is 5.95 Å². The van der Waals surface area contributed by atoms with Crippen LogP contribution in [0.2, 0.25) is 0 Å². The summed E-state index contributed by atoms with van der Waals surface area (Å²) in [5, 5.41) is 10.1. The van der Waals surface area contributed by atoms with E-state index in [1.54, 1.807) is 0 Å². The molecule has 0 aliphatic carbocycles. The first kappa shape index (κ1) is 12.4. The van der Waals surface area contributed by atoms with E-state index in [2.05, 4.69) is 57.5 Å². The molecule has 0 fully saturated rings. The Labute approximate surface area is 115 Å². The fraction of sp³-hybridized carbons (Fsp3) is 0.214. The number of nitrogens with one attached hydrogen (secondary N) is 3. The van der Waals surface area contributed by atoms with Crippen LogP contribution in [-0.4, -0.2) is 20.2 Å². The van der Waals surface area contributed by atoms with E-state index in [9.17, 15) is 4.79 Å². The predicted molar refractivity (Wildman–Crippen MR) is 77.8 cm³/mol. The third-order valence-corrected chi connectivity index (χ3v) is 3.35. The highest BCUT2D eigenvalue weighted by Crippen LogP contribution is 2.11. The molecule has 102 valence electrons. The summed E-state index contributed by atoms with van der Waals surface area (Å²) in [6.45, 7) is 4.76. The van der Waals surface area contributed by atoms with Gasteiger partial charge in [-0.2, -0.15) is 10.1 Å². The van der Waals surface area contributed by atoms with E-state index in [-0.39, 0.29) is 5.56 Å². The van der Waals surface area contributed by atoms with Crippen LogP contribution in [0.1, 0.15) is 16.7 Å². The van der Waals surface area contributed by atoms with Gasteiger partial charge in [-0.25, -0.2) is 0 Å². The molecule has 0 aliphatic rings. The van der Waals surface area contributed by atoms with E-state index in [1.165, 1.54) is 17.3 Å². The van der Waals surface area contributed by atoms with Crippen molar-refractivity contribution >= 4 is 17.0 Å². The van der Waals surface area contributed by atoms with E-state index in [1.807, 2.05) is 0 Å². The summed E-state index contributed by atoms with van der Waals surface area (Å²) in [4.78, 5) is 18.7. The summed E-state index contributed by atoms with van der Waals surface area (Å²) in [7, 11) is 0. The average molecular weight is 269 g/mol. The third kappa shape index (κ3) is 2.27. The van der Waals surface area contributed by atoms with Gasteiger partial charge in [0.25, 0.3) is 5.56 Å². The molecule has 2 heterocycles. The van der Waals surface area contributed by atoms with Gasteiger partial charge in [0.15, 0.2) is 5.65 Å². The van der Waals surface area contributed by atoms with Gasteiger partial charge in [-0.15, -0.1) is 0 Å². The third-order valence-electron chi connectivity index (χ3n) is 3.35. The van der Waals surface area contributed by atoms with Gasteiger partial charge in [-0.05, 0) is 30.5 Å². The molecular formula is C14H15N5O. The molecule has 0 bridgehead atoms. The van der Waals surface area contributed by atoms with Crippen LogP contribution >= 0.6 is 0 Å². The molecule has 6 nitrogen and oxygen atoms in total. The summed E-state index contributed by atoms with van der Waals surface area (Å²) in [5.41, 5.74) is 3.93. The molecule has 3 N–H and O–H groups in total. The molecule has 20 heavy (non-hydrogen) atoms. The number of fused-ring (bicyclic) bond motifs is 1. The molecule has 0 saturated heterocycles. The van der Waals surface area contributed by atoms with E-state index in [0.717, 1.165) is 5.56 Å². The molecule has 0 amide bonds. The summed E-state index contributed by atoms with van der Waals surface area (Å²) in [5.74, 6) is 0.435. The molecule has 2 aromatic heterocycles. The van der Waals surface area contributed by atoms with Crippen molar-refractivity contribution in [3.05, 3.63) is 51.4 Å². The molecule has 3 aromatic rings. The zero-order valence-corrected chi connectivity index (χ0v) is 11.3. The SMILES string of the molecule is Cc1ccc(CNc2nc3[nH]ncc3c(=O)[nH]2)cc1C. The second-order valence-corrected chi connectivity index (χ2v) is 4.82. The zero-order valence-electron chi connectivity index (χ0n) is 11.3. The Bertz CT molecular complexity index is 818. The molecular weight excluding hydrogens is 254 g/mol. The van der Waals surface area contributed by atoms with Crippen LogP contribution in [-0.2, 0) is 6.54 Å². The Hall–Kier alpha value is -2.63. The normalized spacial score (nSPS) is 10.9. The second-order valence-electron chi connectivity index (χ2n) is 4.82. The highest BCUT2D eigenvalue weighted by molar-refractivity contribution is 5.73. The number of aromatic nitrogens is 4. The Kier molecular flexibility index (Phi) is 2.98. The smallest absolute Gasteiger partial charge is 0.263 e. The minimum absolute atomic E-state index is 0.202. The molecule has 6 heteroatoms. The molecule has 0 saturated carbocycles. The second kappa shape index (κ2) is 4.80. The lowest BCUT2D eigenvalue weighted by Crippen LogP contribution is -2.12. The van der Waals surface area contributed by atoms with Crippen molar-refractivity contribution in [2.24, 2.45) is 0 Å². The lowest BCUT2D eigenvalue weighted by Gasteiger charge is -2.07. The van der Waals surface area contributed by atoms with E-state index >= 15 is 0 Å². The maximum absolute atomic E-state index is 11.8. The van der Waals surface area contributed by atoms with E-state index in [4.69, 9.17) is 0 Å². The minimum atomic E-state index is -0.202. The van der Waals surface area contributed by atoms with Crippen molar-refractivity contribution in [2.45, 2.75) is 20.4 Å². The number of hydrogen-bond donors (Lipinski definition) is 3. The first-order valence-electron chi connectivity index (χ1n) is 6.37. The van der Waals surface area contributed by atoms with Gasteiger partial charge in [0, 0.05) is 6.54 Å². The summed E-state index contributed by atoms with van der Waals surface area (Å²) in [6, 6.07) is 6.26. The summed E-state index contributed by atoms with van der Waals surface area (Å²) in [6.07, 6.45) is 1.47. The molecule has 1 aromatic carbocycles. The number of benzene rings is 1.